The summed E-state index contributed by atoms with van der Waals surface area (Å²) in [5.41, 5.74) is 6.86. The number of nitrogens with one attached hydrogen (secondary N) is 1. The summed E-state index contributed by atoms with van der Waals surface area (Å²) >= 11 is 0. The molecule has 1 aromatic carbocycles. The molecule has 0 radical (unpaired) electrons. The Balaban J connectivity index is 0.00000392. The highest BCUT2D eigenvalue weighted by Gasteiger charge is 2.29. The first-order valence-electron chi connectivity index (χ1n) is 9.20. The van der Waals surface area contributed by atoms with E-state index in [1.54, 1.807) is 30.6 Å². The van der Waals surface area contributed by atoms with Crippen LogP contribution in [0.5, 0.6) is 11.5 Å². The van der Waals surface area contributed by atoms with Crippen LogP contribution in [0.25, 0.3) is 0 Å². The first-order chi connectivity index (χ1) is 12.9. The Bertz CT molecular complexity index is 760. The number of amides is 1. The minimum Gasteiger partial charge on any atom is -0.490 e. The number of rotatable bonds is 9. The van der Waals surface area contributed by atoms with Gasteiger partial charge in [0.1, 0.15) is 6.61 Å². The predicted molar refractivity (Wildman–Crippen MR) is 120 cm³/mol. The van der Waals surface area contributed by atoms with Gasteiger partial charge in [0.25, 0.3) is 5.91 Å². The summed E-state index contributed by atoms with van der Waals surface area (Å²) in [6, 6.07) is 8.99. The number of carbonyl (C=O) groups excluding carboxylic acids is 1. The van der Waals surface area contributed by atoms with Crippen LogP contribution in [-0.4, -0.2) is 29.6 Å². The number of carbonyl (C=O) groups is 1. The highest BCUT2D eigenvalue weighted by atomic mass is 35.5. The van der Waals surface area contributed by atoms with E-state index in [1.807, 2.05) is 39.8 Å². The number of ether oxygens (including phenoxy) is 2. The van der Waals surface area contributed by atoms with Crippen LogP contribution in [0.15, 0.2) is 42.7 Å². The lowest BCUT2D eigenvalue weighted by Gasteiger charge is -2.33. The summed E-state index contributed by atoms with van der Waals surface area (Å²) in [6.07, 6.45) is 3.47. The Morgan fingerprint density at radius 1 is 1.21 bits per heavy atom. The molecular formula is C21H31Cl2N3O3. The molecule has 3 N–H and O–H groups in total. The van der Waals surface area contributed by atoms with Gasteiger partial charge in [-0.1, -0.05) is 19.9 Å². The number of hydrogen-bond donors (Lipinski definition) is 2. The summed E-state index contributed by atoms with van der Waals surface area (Å²) in [6.45, 7) is 9.12. The van der Waals surface area contributed by atoms with Gasteiger partial charge >= 0.3 is 0 Å². The Labute approximate surface area is 185 Å². The fraction of sp³-hybridized carbons (Fsp3) is 0.429. The largest absolute Gasteiger partial charge is 0.490 e. The third kappa shape index (κ3) is 7.38. The monoisotopic (exact) mass is 443 g/mol. The molecule has 1 heterocycles. The van der Waals surface area contributed by atoms with E-state index < -0.39 is 5.54 Å². The summed E-state index contributed by atoms with van der Waals surface area (Å²) < 4.78 is 11.5. The number of halogens is 2. The second-order valence-electron chi connectivity index (χ2n) is 6.97. The highest BCUT2D eigenvalue weighted by Crippen LogP contribution is 2.29. The lowest BCUT2D eigenvalue weighted by Crippen LogP contribution is -2.55. The zero-order valence-electron chi connectivity index (χ0n) is 17.3. The second-order valence-corrected chi connectivity index (χ2v) is 6.97. The van der Waals surface area contributed by atoms with Gasteiger partial charge in [-0.25, -0.2) is 0 Å². The van der Waals surface area contributed by atoms with Crippen molar-refractivity contribution in [2.24, 2.45) is 11.7 Å². The average molecular weight is 444 g/mol. The van der Waals surface area contributed by atoms with Gasteiger partial charge in [-0.15, -0.1) is 24.8 Å². The van der Waals surface area contributed by atoms with Crippen LogP contribution in [0, 0.1) is 5.92 Å². The van der Waals surface area contributed by atoms with Crippen LogP contribution in [0.1, 0.15) is 43.6 Å². The van der Waals surface area contributed by atoms with E-state index in [0.29, 0.717) is 36.8 Å². The van der Waals surface area contributed by atoms with Crippen LogP contribution < -0.4 is 20.5 Å². The quantitative estimate of drug-likeness (QED) is 0.611. The van der Waals surface area contributed by atoms with Crippen molar-refractivity contribution in [2.45, 2.75) is 39.8 Å². The fourth-order valence-corrected chi connectivity index (χ4v) is 2.44. The lowest BCUT2D eigenvalue weighted by atomic mass is 9.88. The zero-order valence-corrected chi connectivity index (χ0v) is 18.9. The van der Waals surface area contributed by atoms with Gasteiger partial charge in [0.2, 0.25) is 0 Å². The molecule has 0 saturated heterocycles. The second kappa shape index (κ2) is 12.5. The third-order valence-corrected chi connectivity index (χ3v) is 4.72. The van der Waals surface area contributed by atoms with Gasteiger partial charge in [0.15, 0.2) is 11.5 Å². The number of nitrogens with zero attached hydrogens (tertiary/aromatic N) is 1. The maximum Gasteiger partial charge on any atom is 0.251 e. The third-order valence-electron chi connectivity index (χ3n) is 4.72. The van der Waals surface area contributed by atoms with Crippen LogP contribution in [0.4, 0.5) is 0 Å². The van der Waals surface area contributed by atoms with E-state index in [1.165, 1.54) is 0 Å². The molecule has 0 fully saturated rings. The summed E-state index contributed by atoms with van der Waals surface area (Å²) in [5, 5.41) is 3.04. The van der Waals surface area contributed by atoms with Gasteiger partial charge < -0.3 is 20.5 Å². The summed E-state index contributed by atoms with van der Waals surface area (Å²) in [5.74, 6) is 1.15. The van der Waals surface area contributed by atoms with Crippen molar-refractivity contribution in [3.8, 4) is 11.5 Å². The molecule has 0 spiro atoms. The molecule has 2 aromatic rings. The van der Waals surface area contributed by atoms with E-state index in [4.69, 9.17) is 15.2 Å². The van der Waals surface area contributed by atoms with Gasteiger partial charge in [0, 0.05) is 30.1 Å². The molecule has 162 valence electrons. The molecule has 0 saturated carbocycles. The Kier molecular flexibility index (Phi) is 11.7. The van der Waals surface area contributed by atoms with Crippen molar-refractivity contribution in [1.29, 1.82) is 0 Å². The van der Waals surface area contributed by atoms with Crippen molar-refractivity contribution in [3.63, 3.8) is 0 Å². The Morgan fingerprint density at radius 2 is 1.93 bits per heavy atom. The van der Waals surface area contributed by atoms with Gasteiger partial charge in [-0.2, -0.15) is 0 Å². The zero-order chi connectivity index (χ0) is 19.9. The minimum atomic E-state index is -0.474. The normalized spacial score (nSPS) is 12.2. The van der Waals surface area contributed by atoms with E-state index in [0.717, 1.165) is 5.56 Å². The smallest absolute Gasteiger partial charge is 0.251 e. The van der Waals surface area contributed by atoms with Crippen molar-refractivity contribution in [1.82, 2.24) is 10.3 Å². The van der Waals surface area contributed by atoms with Crippen molar-refractivity contribution in [3.05, 3.63) is 53.9 Å². The number of benzene rings is 1. The first kappa shape index (κ1) is 27.0. The molecule has 2 rings (SSSR count). The molecule has 0 aliphatic carbocycles. The topological polar surface area (TPSA) is 86.5 Å². The fourth-order valence-electron chi connectivity index (χ4n) is 2.44. The molecule has 1 amide bonds. The van der Waals surface area contributed by atoms with Crippen LogP contribution in [0.3, 0.4) is 0 Å². The van der Waals surface area contributed by atoms with E-state index in [-0.39, 0.29) is 36.6 Å². The number of hydrogen-bond acceptors (Lipinski definition) is 5. The van der Waals surface area contributed by atoms with Gasteiger partial charge in [-0.3, -0.25) is 9.78 Å². The maximum atomic E-state index is 12.7. The molecule has 1 atom stereocenters. The van der Waals surface area contributed by atoms with Crippen molar-refractivity contribution >= 4 is 30.7 Å². The number of nitrogens with two attached hydrogens (primary N) is 1. The summed E-state index contributed by atoms with van der Waals surface area (Å²) in [7, 11) is 0. The van der Waals surface area contributed by atoms with Crippen LogP contribution in [0.2, 0.25) is 0 Å². The first-order valence-corrected chi connectivity index (χ1v) is 9.20. The number of pyridine rings is 1. The van der Waals surface area contributed by atoms with Crippen LogP contribution >= 0.6 is 24.8 Å². The van der Waals surface area contributed by atoms with Gasteiger partial charge in [0.05, 0.1) is 12.1 Å². The standard InChI is InChI=1S/C21H29N3O3.2ClH/c1-5-26-19-11-17(20(25)24-21(4,14-22)15(2)3)8-9-18(19)27-13-16-7-6-10-23-12-16;;/h6-12,15H,5,13-14,22H2,1-4H3,(H,24,25);2*1H. The molecular weight excluding hydrogens is 413 g/mol. The molecule has 1 aromatic heterocycles. The van der Waals surface area contributed by atoms with E-state index >= 15 is 0 Å². The van der Waals surface area contributed by atoms with Crippen LogP contribution in [-0.2, 0) is 6.61 Å². The van der Waals surface area contributed by atoms with Crippen molar-refractivity contribution in [2.75, 3.05) is 13.2 Å². The molecule has 1 unspecified atom stereocenters. The van der Waals surface area contributed by atoms with Gasteiger partial charge in [-0.05, 0) is 44.0 Å². The molecule has 8 heteroatoms. The Morgan fingerprint density at radius 3 is 2.48 bits per heavy atom. The SMILES string of the molecule is CCOc1cc(C(=O)NC(C)(CN)C(C)C)ccc1OCc1cccnc1.Cl.Cl. The van der Waals surface area contributed by atoms with Crippen molar-refractivity contribution < 1.29 is 14.3 Å². The number of aromatic nitrogens is 1. The molecule has 29 heavy (non-hydrogen) atoms. The highest BCUT2D eigenvalue weighted by molar-refractivity contribution is 5.95. The van der Waals surface area contributed by atoms with E-state index in [9.17, 15) is 4.79 Å². The molecule has 0 aliphatic rings. The Hall–Kier alpha value is -2.02. The van der Waals surface area contributed by atoms with E-state index in [2.05, 4.69) is 10.3 Å². The summed E-state index contributed by atoms with van der Waals surface area (Å²) in [4.78, 5) is 16.8. The molecule has 6 nitrogen and oxygen atoms in total. The molecule has 0 bridgehead atoms. The molecule has 0 aliphatic heterocycles. The maximum absolute atomic E-state index is 12.7. The average Bonchev–Trinajstić information content (AvgIpc) is 2.67. The lowest BCUT2D eigenvalue weighted by molar-refractivity contribution is 0.0882. The minimum absolute atomic E-state index is 0. The predicted octanol–water partition coefficient (Wildman–Crippen LogP) is 4.01.